The first kappa shape index (κ1) is 18.6. The predicted molar refractivity (Wildman–Crippen MR) is 116 cm³/mol. The van der Waals surface area contributed by atoms with Gasteiger partial charge in [0.25, 0.3) is 5.91 Å². The van der Waals surface area contributed by atoms with E-state index in [0.717, 1.165) is 56.8 Å². The van der Waals surface area contributed by atoms with E-state index in [2.05, 4.69) is 71.8 Å². The number of carbonyl (C=O) groups excluding carboxylic acids is 1. The summed E-state index contributed by atoms with van der Waals surface area (Å²) in [6.07, 6.45) is 2.20. The van der Waals surface area contributed by atoms with Crippen LogP contribution in [0.25, 0.3) is 10.9 Å². The molecule has 0 radical (unpaired) electrons. The second-order valence-corrected chi connectivity index (χ2v) is 7.61. The maximum atomic E-state index is 13.5. The van der Waals surface area contributed by atoms with Crippen LogP contribution < -0.4 is 4.90 Å². The van der Waals surface area contributed by atoms with Gasteiger partial charge in [0.15, 0.2) is 0 Å². The molecule has 0 saturated carbocycles. The highest BCUT2D eigenvalue weighted by molar-refractivity contribution is 6.01. The molecule has 1 saturated heterocycles. The molecular formula is C24H29N3O. The van der Waals surface area contributed by atoms with Gasteiger partial charge < -0.3 is 14.4 Å². The maximum Gasteiger partial charge on any atom is 0.270 e. The molecule has 1 aromatic heterocycles. The number of nitrogens with zero attached hydrogens (tertiary/aromatic N) is 3. The van der Waals surface area contributed by atoms with Crippen LogP contribution in [0.2, 0.25) is 0 Å². The molecule has 0 aliphatic carbocycles. The van der Waals surface area contributed by atoms with E-state index >= 15 is 0 Å². The Labute approximate surface area is 167 Å². The van der Waals surface area contributed by atoms with E-state index in [4.69, 9.17) is 0 Å². The molecule has 1 amide bonds. The zero-order valence-electron chi connectivity index (χ0n) is 16.9. The largest absolute Gasteiger partial charge is 0.368 e. The topological polar surface area (TPSA) is 28.5 Å². The first-order valence-electron chi connectivity index (χ1n) is 10.4. The number of hydrogen-bond donors (Lipinski definition) is 0. The van der Waals surface area contributed by atoms with E-state index in [0.29, 0.717) is 0 Å². The average Bonchev–Trinajstić information content (AvgIpc) is 3.04. The van der Waals surface area contributed by atoms with Gasteiger partial charge >= 0.3 is 0 Å². The number of carbonyl (C=O) groups is 1. The first-order chi connectivity index (χ1) is 13.7. The van der Waals surface area contributed by atoms with Gasteiger partial charge in [-0.2, -0.15) is 0 Å². The molecule has 2 aromatic carbocycles. The zero-order chi connectivity index (χ0) is 19.5. The number of piperazine rings is 1. The van der Waals surface area contributed by atoms with Crippen molar-refractivity contribution in [3.05, 3.63) is 65.9 Å². The highest BCUT2D eigenvalue weighted by atomic mass is 16.2. The van der Waals surface area contributed by atoms with Crippen molar-refractivity contribution in [2.75, 3.05) is 31.1 Å². The minimum absolute atomic E-state index is 0.178. The highest BCUT2D eigenvalue weighted by Crippen LogP contribution is 2.28. The Balaban J connectivity index is 1.58. The summed E-state index contributed by atoms with van der Waals surface area (Å²) in [4.78, 5) is 17.9. The van der Waals surface area contributed by atoms with Crippen molar-refractivity contribution in [3.63, 3.8) is 0 Å². The van der Waals surface area contributed by atoms with Crippen molar-refractivity contribution in [3.8, 4) is 0 Å². The van der Waals surface area contributed by atoms with Gasteiger partial charge in [-0.05, 0) is 37.1 Å². The Morgan fingerprint density at radius 3 is 2.32 bits per heavy atom. The van der Waals surface area contributed by atoms with Crippen LogP contribution >= 0.6 is 0 Å². The standard InChI is InChI=1S/C24H29N3O/c1-3-4-14-27-22-13-9-8-12-21(22)19(2)23(27)24(28)26-17-15-25(16-18-26)20-10-6-5-7-11-20/h5-13H,3-4,14-18H2,1-2H3. The van der Waals surface area contributed by atoms with Crippen LogP contribution in [-0.4, -0.2) is 41.6 Å². The van der Waals surface area contributed by atoms with Crippen LogP contribution in [0.1, 0.15) is 35.8 Å². The van der Waals surface area contributed by atoms with E-state index in [1.165, 1.54) is 16.6 Å². The van der Waals surface area contributed by atoms with Crippen molar-refractivity contribution in [2.24, 2.45) is 0 Å². The lowest BCUT2D eigenvalue weighted by molar-refractivity contribution is 0.0735. The molecule has 1 aliphatic rings. The van der Waals surface area contributed by atoms with Crippen LogP contribution in [0, 0.1) is 6.92 Å². The lowest BCUT2D eigenvalue weighted by Gasteiger charge is -2.36. The van der Waals surface area contributed by atoms with E-state index < -0.39 is 0 Å². The van der Waals surface area contributed by atoms with Gasteiger partial charge in [-0.3, -0.25) is 4.79 Å². The summed E-state index contributed by atoms with van der Waals surface area (Å²) in [7, 11) is 0. The maximum absolute atomic E-state index is 13.5. The van der Waals surface area contributed by atoms with Crippen LogP contribution in [0.4, 0.5) is 5.69 Å². The molecule has 0 atom stereocenters. The third-order valence-corrected chi connectivity index (χ3v) is 5.85. The molecule has 1 fully saturated rings. The van der Waals surface area contributed by atoms with E-state index in [-0.39, 0.29) is 5.91 Å². The van der Waals surface area contributed by atoms with Gasteiger partial charge in [0.05, 0.1) is 0 Å². The fourth-order valence-corrected chi connectivity index (χ4v) is 4.26. The summed E-state index contributed by atoms with van der Waals surface area (Å²) in [6, 6.07) is 18.9. The fraction of sp³-hybridized carbons (Fsp3) is 0.375. The van der Waals surface area contributed by atoms with Crippen LogP contribution in [0.5, 0.6) is 0 Å². The third kappa shape index (κ3) is 3.39. The molecule has 4 heteroatoms. The monoisotopic (exact) mass is 375 g/mol. The van der Waals surface area contributed by atoms with Crippen molar-refractivity contribution < 1.29 is 4.79 Å². The van der Waals surface area contributed by atoms with Crippen LogP contribution in [0.15, 0.2) is 54.6 Å². The minimum Gasteiger partial charge on any atom is -0.368 e. The normalized spacial score (nSPS) is 14.6. The molecule has 0 N–H and O–H groups in total. The smallest absolute Gasteiger partial charge is 0.270 e. The van der Waals surface area contributed by atoms with Crippen molar-refractivity contribution in [1.82, 2.24) is 9.47 Å². The third-order valence-electron chi connectivity index (χ3n) is 5.85. The van der Waals surface area contributed by atoms with Crippen LogP contribution in [-0.2, 0) is 6.54 Å². The molecule has 28 heavy (non-hydrogen) atoms. The number of fused-ring (bicyclic) bond motifs is 1. The molecule has 0 spiro atoms. The van der Waals surface area contributed by atoms with Gasteiger partial charge in [-0.1, -0.05) is 49.7 Å². The number of anilines is 1. The molecule has 1 aliphatic heterocycles. The molecule has 4 rings (SSSR count). The Morgan fingerprint density at radius 1 is 0.929 bits per heavy atom. The van der Waals surface area contributed by atoms with Gasteiger partial charge in [0, 0.05) is 49.3 Å². The van der Waals surface area contributed by atoms with Gasteiger partial charge in [0.1, 0.15) is 5.69 Å². The second-order valence-electron chi connectivity index (χ2n) is 7.61. The summed E-state index contributed by atoms with van der Waals surface area (Å²) < 4.78 is 2.25. The number of benzene rings is 2. The molecule has 0 unspecified atom stereocenters. The molecule has 4 nitrogen and oxygen atoms in total. The van der Waals surface area contributed by atoms with Crippen molar-refractivity contribution in [2.45, 2.75) is 33.2 Å². The lowest BCUT2D eigenvalue weighted by atomic mass is 10.1. The Morgan fingerprint density at radius 2 is 1.61 bits per heavy atom. The lowest BCUT2D eigenvalue weighted by Crippen LogP contribution is -2.49. The van der Waals surface area contributed by atoms with Crippen LogP contribution in [0.3, 0.4) is 0 Å². The van der Waals surface area contributed by atoms with Crippen molar-refractivity contribution in [1.29, 1.82) is 0 Å². The molecule has 146 valence electrons. The first-order valence-corrected chi connectivity index (χ1v) is 10.4. The van der Waals surface area contributed by atoms with Gasteiger partial charge in [-0.15, -0.1) is 0 Å². The van der Waals surface area contributed by atoms with E-state index in [9.17, 15) is 4.79 Å². The summed E-state index contributed by atoms with van der Waals surface area (Å²) in [5, 5.41) is 1.20. The molecule has 2 heterocycles. The SMILES string of the molecule is CCCCn1c(C(=O)N2CCN(c3ccccc3)CC2)c(C)c2ccccc21. The Kier molecular flexibility index (Phi) is 5.38. The highest BCUT2D eigenvalue weighted by Gasteiger charge is 2.27. The molecule has 3 aromatic rings. The Bertz CT molecular complexity index is 953. The number of aryl methyl sites for hydroxylation is 2. The summed E-state index contributed by atoms with van der Waals surface area (Å²) >= 11 is 0. The van der Waals surface area contributed by atoms with E-state index in [1.54, 1.807) is 0 Å². The number of unbranched alkanes of at least 4 members (excludes halogenated alkanes) is 1. The van der Waals surface area contributed by atoms with Gasteiger partial charge in [-0.25, -0.2) is 0 Å². The molecule has 0 bridgehead atoms. The van der Waals surface area contributed by atoms with Gasteiger partial charge in [0.2, 0.25) is 0 Å². The average molecular weight is 376 g/mol. The zero-order valence-corrected chi connectivity index (χ0v) is 16.9. The number of hydrogen-bond acceptors (Lipinski definition) is 2. The minimum atomic E-state index is 0.178. The number of amides is 1. The fourth-order valence-electron chi connectivity index (χ4n) is 4.26. The summed E-state index contributed by atoms with van der Waals surface area (Å²) in [5.74, 6) is 0.178. The second kappa shape index (κ2) is 8.09. The predicted octanol–water partition coefficient (Wildman–Crippen LogP) is 4.71. The number of rotatable bonds is 5. The molecular weight excluding hydrogens is 346 g/mol. The summed E-state index contributed by atoms with van der Waals surface area (Å²) in [6.45, 7) is 8.48. The van der Waals surface area contributed by atoms with Crippen molar-refractivity contribution >= 4 is 22.5 Å². The summed E-state index contributed by atoms with van der Waals surface area (Å²) in [5.41, 5.74) is 4.41. The number of aromatic nitrogens is 1. The van der Waals surface area contributed by atoms with E-state index in [1.807, 2.05) is 11.0 Å². The quantitative estimate of drug-likeness (QED) is 0.646. The Hall–Kier alpha value is -2.75. The number of para-hydroxylation sites is 2.